The zero-order valence-electron chi connectivity index (χ0n) is 20.7. The van der Waals surface area contributed by atoms with E-state index in [1.54, 1.807) is 20.8 Å². The van der Waals surface area contributed by atoms with Crippen molar-refractivity contribution in [2.75, 3.05) is 18.9 Å². The molecule has 0 fully saturated rings. The number of sulfone groups is 1. The minimum absolute atomic E-state index is 0.0688. The Morgan fingerprint density at radius 1 is 1.03 bits per heavy atom. The molecule has 4 aromatic rings. The first-order chi connectivity index (χ1) is 17.3. The van der Waals surface area contributed by atoms with Crippen LogP contribution in [0.2, 0.25) is 0 Å². The van der Waals surface area contributed by atoms with E-state index < -0.39 is 30.4 Å². The van der Waals surface area contributed by atoms with Gasteiger partial charge in [0.15, 0.2) is 21.4 Å². The Balaban J connectivity index is 1.91. The number of pyridine rings is 2. The number of anilines is 1. The van der Waals surface area contributed by atoms with Crippen LogP contribution >= 0.6 is 0 Å². The van der Waals surface area contributed by atoms with Crippen molar-refractivity contribution in [3.05, 3.63) is 60.9 Å². The lowest BCUT2D eigenvalue weighted by atomic mass is 10.1. The fourth-order valence-electron chi connectivity index (χ4n) is 3.63. The molecule has 0 amide bonds. The number of benzene rings is 1. The maximum absolute atomic E-state index is 15.1. The predicted octanol–water partition coefficient (Wildman–Crippen LogP) is 3.93. The van der Waals surface area contributed by atoms with Crippen LogP contribution in [-0.4, -0.2) is 50.2 Å². The summed E-state index contributed by atoms with van der Waals surface area (Å²) in [7, 11) is -5.38. The van der Waals surface area contributed by atoms with Gasteiger partial charge in [0, 0.05) is 30.2 Å². The zero-order chi connectivity index (χ0) is 27.2. The number of hydrogen-bond donors (Lipinski definition) is 1. The fourth-order valence-corrected chi connectivity index (χ4v) is 5.95. The first-order valence-electron chi connectivity index (χ1n) is 10.9. The minimum Gasteiger partial charge on any atom is -0.495 e. The van der Waals surface area contributed by atoms with E-state index in [4.69, 9.17) is 9.47 Å². The van der Waals surface area contributed by atoms with Crippen molar-refractivity contribution >= 4 is 31.2 Å². The number of aromatic nitrogens is 3. The summed E-state index contributed by atoms with van der Waals surface area (Å²) in [6.45, 7) is 4.71. The molecule has 0 spiro atoms. The van der Waals surface area contributed by atoms with Gasteiger partial charge in [-0.3, -0.25) is 14.1 Å². The Hall–Kier alpha value is -3.71. The SMILES string of the molecule is COc1cc2ncc(-c3cc(F)c(OC)c(NS(=O)(=O)c4cccnc4)c3)n2cc1S(=O)(=O)C(C)(C)C. The molecule has 0 bridgehead atoms. The number of nitrogens with zero attached hydrogens (tertiary/aromatic N) is 3. The lowest BCUT2D eigenvalue weighted by Crippen LogP contribution is -2.28. The van der Waals surface area contributed by atoms with E-state index in [-0.39, 0.29) is 32.5 Å². The van der Waals surface area contributed by atoms with Crippen LogP contribution in [-0.2, 0) is 19.9 Å². The van der Waals surface area contributed by atoms with Gasteiger partial charge in [0.1, 0.15) is 21.2 Å². The lowest BCUT2D eigenvalue weighted by Gasteiger charge is -2.21. The maximum Gasteiger partial charge on any atom is 0.263 e. The smallest absolute Gasteiger partial charge is 0.263 e. The third-order valence-electron chi connectivity index (χ3n) is 5.62. The van der Waals surface area contributed by atoms with Gasteiger partial charge >= 0.3 is 0 Å². The first-order valence-corrected chi connectivity index (χ1v) is 13.9. The Labute approximate surface area is 214 Å². The number of ether oxygens (including phenoxy) is 2. The summed E-state index contributed by atoms with van der Waals surface area (Å²) in [4.78, 5) is 7.92. The second-order valence-electron chi connectivity index (χ2n) is 9.03. The summed E-state index contributed by atoms with van der Waals surface area (Å²) in [6, 6.07) is 6.79. The number of hydrogen-bond acceptors (Lipinski definition) is 8. The van der Waals surface area contributed by atoms with E-state index in [0.29, 0.717) is 11.3 Å². The third kappa shape index (κ3) is 4.71. The van der Waals surface area contributed by atoms with E-state index in [0.717, 1.165) is 12.3 Å². The van der Waals surface area contributed by atoms with Gasteiger partial charge in [0.05, 0.1) is 36.5 Å². The van der Waals surface area contributed by atoms with Crippen LogP contribution in [0.4, 0.5) is 10.1 Å². The van der Waals surface area contributed by atoms with E-state index >= 15 is 4.39 Å². The lowest BCUT2D eigenvalue weighted by molar-refractivity contribution is 0.389. The molecule has 0 radical (unpaired) electrons. The van der Waals surface area contributed by atoms with Crippen molar-refractivity contribution in [2.45, 2.75) is 35.3 Å². The van der Waals surface area contributed by atoms with Gasteiger partial charge in [-0.05, 0) is 45.0 Å². The Morgan fingerprint density at radius 3 is 2.35 bits per heavy atom. The quantitative estimate of drug-likeness (QED) is 0.368. The summed E-state index contributed by atoms with van der Waals surface area (Å²) >= 11 is 0. The molecule has 0 unspecified atom stereocenters. The highest BCUT2D eigenvalue weighted by Crippen LogP contribution is 2.37. The average molecular weight is 549 g/mol. The average Bonchev–Trinajstić information content (AvgIpc) is 3.25. The van der Waals surface area contributed by atoms with Crippen LogP contribution in [0.3, 0.4) is 0 Å². The molecule has 0 aliphatic rings. The summed E-state index contributed by atoms with van der Waals surface area (Å²) in [6.07, 6.45) is 5.36. The molecular formula is C24H25FN4O6S2. The van der Waals surface area contributed by atoms with E-state index in [1.807, 2.05) is 0 Å². The number of halogens is 1. The highest BCUT2D eigenvalue weighted by Gasteiger charge is 2.34. The maximum atomic E-state index is 15.1. The van der Waals surface area contributed by atoms with Crippen molar-refractivity contribution in [1.82, 2.24) is 14.4 Å². The first kappa shape index (κ1) is 26.4. The molecule has 3 heterocycles. The van der Waals surface area contributed by atoms with Crippen LogP contribution in [0.1, 0.15) is 20.8 Å². The Bertz CT molecular complexity index is 1700. The molecule has 0 aliphatic heterocycles. The van der Waals surface area contributed by atoms with Crippen LogP contribution in [0.5, 0.6) is 11.5 Å². The monoisotopic (exact) mass is 548 g/mol. The standard InChI is InChI=1S/C24H25FN4O6S2/c1-24(2,3)36(30,31)21-14-29-19(13-27-22(29)11-20(21)34-4)15-9-17(25)23(35-5)18(10-15)28-37(32,33)16-7-6-8-26-12-16/h6-14,28H,1-5H3. The Kier molecular flexibility index (Phi) is 6.63. The molecule has 0 saturated carbocycles. The van der Waals surface area contributed by atoms with Gasteiger partial charge in [-0.15, -0.1) is 0 Å². The predicted molar refractivity (Wildman–Crippen MR) is 136 cm³/mol. The van der Waals surface area contributed by atoms with Gasteiger partial charge < -0.3 is 9.47 Å². The van der Waals surface area contributed by atoms with Crippen molar-refractivity contribution < 1.29 is 30.7 Å². The van der Waals surface area contributed by atoms with E-state index in [1.165, 1.54) is 61.5 Å². The van der Waals surface area contributed by atoms with Crippen LogP contribution in [0, 0.1) is 5.82 Å². The molecule has 0 atom stereocenters. The summed E-state index contributed by atoms with van der Waals surface area (Å²) in [5.41, 5.74) is 0.714. The van der Waals surface area contributed by atoms with Gasteiger partial charge in [-0.1, -0.05) is 0 Å². The van der Waals surface area contributed by atoms with Crippen molar-refractivity contribution in [3.8, 4) is 22.8 Å². The van der Waals surface area contributed by atoms with Crippen molar-refractivity contribution in [1.29, 1.82) is 0 Å². The molecular weight excluding hydrogens is 523 g/mol. The highest BCUT2D eigenvalue weighted by molar-refractivity contribution is 7.93. The number of nitrogens with one attached hydrogen (secondary N) is 1. The number of rotatable bonds is 7. The van der Waals surface area contributed by atoms with Crippen molar-refractivity contribution in [2.24, 2.45) is 0 Å². The molecule has 1 N–H and O–H groups in total. The number of sulfonamides is 1. The highest BCUT2D eigenvalue weighted by atomic mass is 32.2. The van der Waals surface area contributed by atoms with Gasteiger partial charge in [0.2, 0.25) is 0 Å². The van der Waals surface area contributed by atoms with Gasteiger partial charge in [-0.25, -0.2) is 26.2 Å². The van der Waals surface area contributed by atoms with E-state index in [9.17, 15) is 16.8 Å². The van der Waals surface area contributed by atoms with Crippen molar-refractivity contribution in [3.63, 3.8) is 0 Å². The molecule has 0 aliphatic carbocycles. The number of fused-ring (bicyclic) bond motifs is 1. The Morgan fingerprint density at radius 2 is 1.76 bits per heavy atom. The number of methoxy groups -OCH3 is 2. The molecule has 0 saturated heterocycles. The summed E-state index contributed by atoms with van der Waals surface area (Å²) in [5, 5.41) is 0. The van der Waals surface area contributed by atoms with Crippen LogP contribution in [0.15, 0.2) is 64.9 Å². The second kappa shape index (κ2) is 9.30. The molecule has 37 heavy (non-hydrogen) atoms. The molecule has 3 aromatic heterocycles. The fraction of sp³-hybridized carbons (Fsp3) is 0.250. The minimum atomic E-state index is -4.12. The van der Waals surface area contributed by atoms with Crippen LogP contribution < -0.4 is 14.2 Å². The topological polar surface area (TPSA) is 129 Å². The molecule has 196 valence electrons. The van der Waals surface area contributed by atoms with Gasteiger partial charge in [-0.2, -0.15) is 0 Å². The molecule has 10 nitrogen and oxygen atoms in total. The van der Waals surface area contributed by atoms with E-state index in [2.05, 4.69) is 14.7 Å². The van der Waals surface area contributed by atoms with Gasteiger partial charge in [0.25, 0.3) is 10.0 Å². The normalized spacial score (nSPS) is 12.5. The molecule has 4 rings (SSSR count). The largest absolute Gasteiger partial charge is 0.495 e. The number of imidazole rings is 1. The summed E-state index contributed by atoms with van der Waals surface area (Å²) in [5.74, 6) is -1.04. The second-order valence-corrected chi connectivity index (χ2v) is 13.4. The molecule has 13 heteroatoms. The molecule has 1 aromatic carbocycles. The third-order valence-corrected chi connectivity index (χ3v) is 9.47. The summed E-state index contributed by atoms with van der Waals surface area (Å²) < 4.78 is 80.5. The zero-order valence-corrected chi connectivity index (χ0v) is 22.3. The van der Waals surface area contributed by atoms with Crippen LogP contribution in [0.25, 0.3) is 16.9 Å².